The van der Waals surface area contributed by atoms with Crippen molar-refractivity contribution in [2.24, 2.45) is 11.3 Å². The van der Waals surface area contributed by atoms with E-state index >= 15 is 0 Å². The summed E-state index contributed by atoms with van der Waals surface area (Å²) in [6, 6.07) is 0. The fourth-order valence-electron chi connectivity index (χ4n) is 3.46. The Kier molecular flexibility index (Phi) is 4.41. The highest BCUT2D eigenvalue weighted by molar-refractivity contribution is 7.88. The first-order valence-electron chi connectivity index (χ1n) is 7.04. The number of piperidine rings is 1. The molecular formula is C13H24N2O4S. The van der Waals surface area contributed by atoms with Gasteiger partial charge in [-0.05, 0) is 12.3 Å². The maximum Gasteiger partial charge on any atom is 0.222 e. The Morgan fingerprint density at radius 2 is 2.10 bits per heavy atom. The SMILES string of the molecule is CCC(=O)N1CC[C@@]2(COC)CN(S(C)(=O)=O)C[C@H]2C1. The first-order chi connectivity index (χ1) is 9.32. The molecule has 2 atom stereocenters. The molecule has 2 aliphatic heterocycles. The molecule has 2 rings (SSSR count). The summed E-state index contributed by atoms with van der Waals surface area (Å²) in [5.74, 6) is 0.315. The topological polar surface area (TPSA) is 66.9 Å². The molecule has 0 N–H and O–H groups in total. The number of carbonyl (C=O) groups excluding carboxylic acids is 1. The van der Waals surface area contributed by atoms with Crippen molar-refractivity contribution in [1.29, 1.82) is 0 Å². The van der Waals surface area contributed by atoms with E-state index in [1.807, 2.05) is 11.8 Å². The lowest BCUT2D eigenvalue weighted by Crippen LogP contribution is -2.50. The van der Waals surface area contributed by atoms with Crippen LogP contribution in [0.5, 0.6) is 0 Å². The highest BCUT2D eigenvalue weighted by Crippen LogP contribution is 2.43. The van der Waals surface area contributed by atoms with E-state index in [2.05, 4.69) is 0 Å². The van der Waals surface area contributed by atoms with Crippen LogP contribution in [-0.2, 0) is 19.6 Å². The van der Waals surface area contributed by atoms with Gasteiger partial charge in [0.05, 0.1) is 12.9 Å². The van der Waals surface area contributed by atoms with Crippen LogP contribution in [0.15, 0.2) is 0 Å². The summed E-state index contributed by atoms with van der Waals surface area (Å²) < 4.78 is 30.5. The third-order valence-electron chi connectivity index (χ3n) is 4.66. The van der Waals surface area contributed by atoms with Crippen molar-refractivity contribution < 1.29 is 17.9 Å². The minimum atomic E-state index is -3.19. The van der Waals surface area contributed by atoms with Gasteiger partial charge in [-0.2, -0.15) is 0 Å². The van der Waals surface area contributed by atoms with Gasteiger partial charge in [0, 0.05) is 45.1 Å². The Morgan fingerprint density at radius 1 is 1.40 bits per heavy atom. The molecule has 6 nitrogen and oxygen atoms in total. The second kappa shape index (κ2) is 5.61. The second-order valence-electron chi connectivity index (χ2n) is 5.99. The number of sulfonamides is 1. The van der Waals surface area contributed by atoms with Gasteiger partial charge in [-0.1, -0.05) is 6.92 Å². The van der Waals surface area contributed by atoms with Gasteiger partial charge in [0.1, 0.15) is 0 Å². The van der Waals surface area contributed by atoms with Crippen LogP contribution in [0.25, 0.3) is 0 Å². The number of hydrogen-bond acceptors (Lipinski definition) is 4. The van der Waals surface area contributed by atoms with Crippen LogP contribution in [0.1, 0.15) is 19.8 Å². The zero-order chi connectivity index (χ0) is 15.0. The van der Waals surface area contributed by atoms with Crippen molar-refractivity contribution >= 4 is 15.9 Å². The Balaban J connectivity index is 2.19. The Labute approximate surface area is 121 Å². The number of amides is 1. The highest BCUT2D eigenvalue weighted by Gasteiger charge is 2.51. The molecule has 20 heavy (non-hydrogen) atoms. The van der Waals surface area contributed by atoms with Crippen LogP contribution in [-0.4, -0.2) is 69.7 Å². The average molecular weight is 304 g/mol. The predicted molar refractivity (Wildman–Crippen MR) is 75.7 cm³/mol. The largest absolute Gasteiger partial charge is 0.384 e. The fourth-order valence-corrected chi connectivity index (χ4v) is 4.40. The number of fused-ring (bicyclic) bond motifs is 1. The smallest absolute Gasteiger partial charge is 0.222 e. The molecule has 7 heteroatoms. The molecular weight excluding hydrogens is 280 g/mol. The fraction of sp³-hybridized carbons (Fsp3) is 0.923. The van der Waals surface area contributed by atoms with Gasteiger partial charge in [-0.3, -0.25) is 4.79 Å². The lowest BCUT2D eigenvalue weighted by molar-refractivity contribution is -0.135. The van der Waals surface area contributed by atoms with E-state index in [0.717, 1.165) is 6.42 Å². The van der Waals surface area contributed by atoms with Gasteiger partial charge in [-0.25, -0.2) is 12.7 Å². The van der Waals surface area contributed by atoms with Gasteiger partial charge in [-0.15, -0.1) is 0 Å². The molecule has 2 saturated heterocycles. The third-order valence-corrected chi connectivity index (χ3v) is 5.87. The third kappa shape index (κ3) is 2.84. The van der Waals surface area contributed by atoms with Gasteiger partial charge >= 0.3 is 0 Å². The van der Waals surface area contributed by atoms with Crippen LogP contribution < -0.4 is 0 Å². The summed E-state index contributed by atoms with van der Waals surface area (Å²) in [6.07, 6.45) is 2.56. The van der Waals surface area contributed by atoms with E-state index in [0.29, 0.717) is 39.2 Å². The summed E-state index contributed by atoms with van der Waals surface area (Å²) in [5.41, 5.74) is -0.137. The van der Waals surface area contributed by atoms with Crippen molar-refractivity contribution in [2.75, 3.05) is 46.2 Å². The van der Waals surface area contributed by atoms with E-state index in [1.54, 1.807) is 7.11 Å². The number of likely N-dealkylation sites (tertiary alicyclic amines) is 1. The normalized spacial score (nSPS) is 31.4. The zero-order valence-electron chi connectivity index (χ0n) is 12.5. The van der Waals surface area contributed by atoms with Gasteiger partial charge in [0.15, 0.2) is 0 Å². The molecule has 2 aliphatic rings. The number of hydrogen-bond donors (Lipinski definition) is 0. The van der Waals surface area contributed by atoms with Crippen molar-refractivity contribution in [3.8, 4) is 0 Å². The molecule has 0 spiro atoms. The summed E-state index contributed by atoms with van der Waals surface area (Å²) >= 11 is 0. The number of nitrogens with zero attached hydrogens (tertiary/aromatic N) is 2. The quantitative estimate of drug-likeness (QED) is 0.742. The van der Waals surface area contributed by atoms with Crippen LogP contribution in [0.4, 0.5) is 0 Å². The van der Waals surface area contributed by atoms with Crippen LogP contribution in [0.2, 0.25) is 0 Å². The Bertz CT molecular complexity index is 479. The first-order valence-corrected chi connectivity index (χ1v) is 8.89. The molecule has 0 aliphatic carbocycles. The molecule has 0 aromatic carbocycles. The molecule has 0 aromatic rings. The molecule has 2 fully saturated rings. The van der Waals surface area contributed by atoms with E-state index < -0.39 is 10.0 Å². The maximum atomic E-state index is 11.9. The van der Waals surface area contributed by atoms with E-state index in [-0.39, 0.29) is 17.2 Å². The van der Waals surface area contributed by atoms with Crippen LogP contribution >= 0.6 is 0 Å². The Morgan fingerprint density at radius 3 is 2.65 bits per heavy atom. The van der Waals surface area contributed by atoms with Crippen molar-refractivity contribution in [2.45, 2.75) is 19.8 Å². The number of methoxy groups -OCH3 is 1. The standard InChI is InChI=1S/C13H24N2O4S/c1-4-12(16)14-6-5-13(10-19-2)9-15(20(3,17)18)8-11(13)7-14/h11H,4-10H2,1-3H3/t11-,13+/m1/s1. The summed E-state index contributed by atoms with van der Waals surface area (Å²) in [6.45, 7) is 4.76. The summed E-state index contributed by atoms with van der Waals surface area (Å²) in [5, 5.41) is 0. The molecule has 0 unspecified atom stereocenters. The summed E-state index contributed by atoms with van der Waals surface area (Å²) in [7, 11) is -1.53. The van der Waals surface area contributed by atoms with E-state index in [1.165, 1.54) is 10.6 Å². The highest BCUT2D eigenvalue weighted by atomic mass is 32.2. The minimum absolute atomic E-state index is 0.137. The van der Waals surface area contributed by atoms with Crippen molar-refractivity contribution in [1.82, 2.24) is 9.21 Å². The van der Waals surface area contributed by atoms with Crippen LogP contribution in [0.3, 0.4) is 0 Å². The van der Waals surface area contributed by atoms with E-state index in [4.69, 9.17) is 4.74 Å². The van der Waals surface area contributed by atoms with Crippen molar-refractivity contribution in [3.05, 3.63) is 0 Å². The first kappa shape index (κ1) is 15.7. The molecule has 0 bridgehead atoms. The van der Waals surface area contributed by atoms with Gasteiger partial charge in [0.2, 0.25) is 15.9 Å². The Hall–Kier alpha value is -0.660. The lowest BCUT2D eigenvalue weighted by Gasteiger charge is -2.43. The molecule has 1 amide bonds. The average Bonchev–Trinajstić information content (AvgIpc) is 2.76. The molecule has 2 heterocycles. The maximum absolute atomic E-state index is 11.9. The molecule has 0 aromatic heterocycles. The molecule has 0 saturated carbocycles. The number of ether oxygens (including phenoxy) is 1. The van der Waals surface area contributed by atoms with Gasteiger partial charge < -0.3 is 9.64 Å². The molecule has 0 radical (unpaired) electrons. The number of rotatable bonds is 4. The molecule has 116 valence electrons. The van der Waals surface area contributed by atoms with Crippen LogP contribution in [0, 0.1) is 11.3 Å². The summed E-state index contributed by atoms with van der Waals surface area (Å²) in [4.78, 5) is 13.7. The zero-order valence-corrected chi connectivity index (χ0v) is 13.3. The monoisotopic (exact) mass is 304 g/mol. The lowest BCUT2D eigenvalue weighted by atomic mass is 9.73. The van der Waals surface area contributed by atoms with E-state index in [9.17, 15) is 13.2 Å². The van der Waals surface area contributed by atoms with Gasteiger partial charge in [0.25, 0.3) is 0 Å². The second-order valence-corrected chi connectivity index (χ2v) is 7.97. The number of carbonyl (C=O) groups is 1. The van der Waals surface area contributed by atoms with Crippen molar-refractivity contribution in [3.63, 3.8) is 0 Å². The minimum Gasteiger partial charge on any atom is -0.384 e. The predicted octanol–water partition coefficient (Wildman–Crippen LogP) is 0.153.